The molecule has 0 bridgehead atoms. The van der Waals surface area contributed by atoms with E-state index in [9.17, 15) is 18.5 Å². The number of nitrogens with one attached hydrogen (secondary N) is 1. The predicted molar refractivity (Wildman–Crippen MR) is 78.5 cm³/mol. The van der Waals surface area contributed by atoms with Gasteiger partial charge in [-0.25, -0.2) is 18.1 Å². The van der Waals surface area contributed by atoms with Gasteiger partial charge in [0, 0.05) is 36.3 Å². The molecule has 0 amide bonds. The molecule has 1 heterocycles. The van der Waals surface area contributed by atoms with E-state index in [0.29, 0.717) is 6.42 Å². The van der Waals surface area contributed by atoms with Crippen LogP contribution in [-0.2, 0) is 16.4 Å². The van der Waals surface area contributed by atoms with Crippen molar-refractivity contribution in [1.29, 1.82) is 0 Å². The van der Waals surface area contributed by atoms with Gasteiger partial charge in [-0.3, -0.25) is 10.1 Å². The molecule has 0 unspecified atom stereocenters. The predicted octanol–water partition coefficient (Wildman–Crippen LogP) is 1.15. The molecular weight excluding hydrogens is 316 g/mol. The lowest BCUT2D eigenvalue weighted by atomic mass is 10.3. The van der Waals surface area contributed by atoms with Crippen molar-refractivity contribution in [1.82, 2.24) is 9.71 Å². The molecule has 0 fully saturated rings. The molecule has 0 atom stereocenters. The molecule has 0 spiro atoms. The topological polar surface area (TPSA) is 128 Å². The number of rotatable bonds is 6. The van der Waals surface area contributed by atoms with Crippen LogP contribution in [0, 0.1) is 10.1 Å². The van der Waals surface area contributed by atoms with Crippen LogP contribution in [0.4, 0.5) is 11.4 Å². The van der Waals surface area contributed by atoms with Crippen LogP contribution in [0.3, 0.4) is 0 Å². The van der Waals surface area contributed by atoms with Gasteiger partial charge in [0.15, 0.2) is 4.90 Å². The fraction of sp³-hybridized carbons (Fsp3) is 0.182. The fourth-order valence-electron chi connectivity index (χ4n) is 1.65. The zero-order valence-corrected chi connectivity index (χ0v) is 12.4. The Bertz CT molecular complexity index is 744. The molecule has 0 aliphatic carbocycles. The van der Waals surface area contributed by atoms with E-state index >= 15 is 0 Å². The van der Waals surface area contributed by atoms with Crippen molar-refractivity contribution in [3.8, 4) is 0 Å². The van der Waals surface area contributed by atoms with E-state index in [1.165, 1.54) is 17.4 Å². The molecule has 2 rings (SSSR count). The zero-order chi connectivity index (χ0) is 15.5. The summed E-state index contributed by atoms with van der Waals surface area (Å²) in [5.74, 6) is 0. The van der Waals surface area contributed by atoms with E-state index in [1.807, 2.05) is 0 Å². The Hall–Kier alpha value is -2.04. The van der Waals surface area contributed by atoms with E-state index in [0.717, 1.165) is 17.1 Å². The summed E-state index contributed by atoms with van der Waals surface area (Å²) < 4.78 is 26.6. The SMILES string of the molecule is Nc1ccc(S(=O)(=O)NCCc2nccs2)c([N+](=O)[O-])c1. The lowest BCUT2D eigenvalue weighted by Crippen LogP contribution is -2.26. The highest BCUT2D eigenvalue weighted by molar-refractivity contribution is 7.89. The normalized spacial score (nSPS) is 11.4. The summed E-state index contributed by atoms with van der Waals surface area (Å²) in [4.78, 5) is 13.8. The number of thiazole rings is 1. The summed E-state index contributed by atoms with van der Waals surface area (Å²) in [7, 11) is -3.98. The fourth-order valence-corrected chi connectivity index (χ4v) is 3.45. The number of aromatic nitrogens is 1. The highest BCUT2D eigenvalue weighted by Gasteiger charge is 2.25. The Morgan fingerprint density at radius 3 is 2.81 bits per heavy atom. The standard InChI is InChI=1S/C11H12N4O4S2/c12-8-1-2-10(9(7-8)15(16)17)21(18,19)14-4-3-11-13-5-6-20-11/h1-2,5-7,14H,3-4,12H2. The molecule has 112 valence electrons. The average molecular weight is 328 g/mol. The van der Waals surface area contributed by atoms with Crippen LogP contribution >= 0.6 is 11.3 Å². The van der Waals surface area contributed by atoms with Gasteiger partial charge in [-0.15, -0.1) is 11.3 Å². The number of benzene rings is 1. The zero-order valence-electron chi connectivity index (χ0n) is 10.7. The first-order valence-electron chi connectivity index (χ1n) is 5.82. The maximum absolute atomic E-state index is 12.1. The summed E-state index contributed by atoms with van der Waals surface area (Å²) in [6.45, 7) is 0.109. The van der Waals surface area contributed by atoms with E-state index in [4.69, 9.17) is 5.73 Å². The molecule has 3 N–H and O–H groups in total. The Morgan fingerprint density at radius 2 is 2.19 bits per heavy atom. The number of nitro benzene ring substituents is 1. The first-order valence-corrected chi connectivity index (χ1v) is 8.18. The van der Waals surface area contributed by atoms with Crippen LogP contribution in [0.25, 0.3) is 0 Å². The van der Waals surface area contributed by atoms with E-state index in [2.05, 4.69) is 9.71 Å². The lowest BCUT2D eigenvalue weighted by molar-refractivity contribution is -0.387. The minimum atomic E-state index is -3.98. The third-order valence-electron chi connectivity index (χ3n) is 2.58. The maximum atomic E-state index is 12.1. The molecule has 10 heteroatoms. The van der Waals surface area contributed by atoms with Crippen molar-refractivity contribution in [3.05, 3.63) is 44.9 Å². The van der Waals surface area contributed by atoms with Gasteiger partial charge in [0.05, 0.1) is 9.93 Å². The van der Waals surface area contributed by atoms with Crippen LogP contribution in [0.1, 0.15) is 5.01 Å². The average Bonchev–Trinajstić information content (AvgIpc) is 2.91. The largest absolute Gasteiger partial charge is 0.399 e. The van der Waals surface area contributed by atoms with Crippen LogP contribution in [-0.4, -0.2) is 24.9 Å². The molecule has 1 aromatic heterocycles. The highest BCUT2D eigenvalue weighted by atomic mass is 32.2. The lowest BCUT2D eigenvalue weighted by Gasteiger charge is -2.07. The number of sulfonamides is 1. The third-order valence-corrected chi connectivity index (χ3v) is 4.93. The van der Waals surface area contributed by atoms with Crippen LogP contribution in [0.5, 0.6) is 0 Å². The summed E-state index contributed by atoms with van der Waals surface area (Å²) in [6.07, 6.45) is 2.04. The van der Waals surface area contributed by atoms with Crippen molar-refractivity contribution in [2.24, 2.45) is 0 Å². The van der Waals surface area contributed by atoms with Crippen molar-refractivity contribution >= 4 is 32.7 Å². The summed E-state index contributed by atoms with van der Waals surface area (Å²) >= 11 is 1.41. The first kappa shape index (κ1) is 15.4. The van der Waals surface area contributed by atoms with Crippen LogP contribution < -0.4 is 10.5 Å². The molecular formula is C11H12N4O4S2. The number of anilines is 1. The molecule has 0 saturated heterocycles. The van der Waals surface area contributed by atoms with Crippen molar-refractivity contribution in [3.63, 3.8) is 0 Å². The maximum Gasteiger partial charge on any atom is 0.291 e. The first-order chi connectivity index (χ1) is 9.90. The molecule has 8 nitrogen and oxygen atoms in total. The Morgan fingerprint density at radius 1 is 1.43 bits per heavy atom. The van der Waals surface area contributed by atoms with Gasteiger partial charge < -0.3 is 5.73 Å². The number of nitro groups is 1. The number of nitrogens with two attached hydrogens (primary N) is 1. The monoisotopic (exact) mass is 328 g/mol. The van der Waals surface area contributed by atoms with Gasteiger partial charge >= 0.3 is 0 Å². The summed E-state index contributed by atoms with van der Waals surface area (Å²) in [5, 5.41) is 13.5. The number of nitrogen functional groups attached to an aromatic ring is 1. The minimum absolute atomic E-state index is 0.109. The van der Waals surface area contributed by atoms with Crippen molar-refractivity contribution in [2.75, 3.05) is 12.3 Å². The summed E-state index contributed by atoms with van der Waals surface area (Å²) in [6, 6.07) is 3.46. The van der Waals surface area contributed by atoms with E-state index in [-0.39, 0.29) is 12.2 Å². The Kier molecular flexibility index (Phi) is 4.50. The van der Waals surface area contributed by atoms with Gasteiger partial charge in [-0.1, -0.05) is 0 Å². The second-order valence-electron chi connectivity index (χ2n) is 4.06. The molecule has 0 saturated carbocycles. The second kappa shape index (κ2) is 6.16. The highest BCUT2D eigenvalue weighted by Crippen LogP contribution is 2.25. The van der Waals surface area contributed by atoms with E-state index < -0.39 is 25.5 Å². The minimum Gasteiger partial charge on any atom is -0.399 e. The van der Waals surface area contributed by atoms with Gasteiger partial charge in [0.1, 0.15) is 0 Å². The number of hydrogen-bond acceptors (Lipinski definition) is 7. The van der Waals surface area contributed by atoms with Gasteiger partial charge in [-0.05, 0) is 12.1 Å². The molecule has 0 aliphatic rings. The molecule has 21 heavy (non-hydrogen) atoms. The Balaban J connectivity index is 2.17. The van der Waals surface area contributed by atoms with Crippen LogP contribution in [0.15, 0.2) is 34.7 Å². The third kappa shape index (κ3) is 3.74. The molecule has 1 aromatic carbocycles. The smallest absolute Gasteiger partial charge is 0.291 e. The van der Waals surface area contributed by atoms with Crippen molar-refractivity contribution < 1.29 is 13.3 Å². The van der Waals surface area contributed by atoms with E-state index in [1.54, 1.807) is 11.6 Å². The quantitative estimate of drug-likeness (QED) is 0.465. The Labute approximate surface area is 124 Å². The second-order valence-corrected chi connectivity index (χ2v) is 6.77. The molecule has 2 aromatic rings. The number of nitrogens with zero attached hydrogens (tertiary/aromatic N) is 2. The molecule has 0 aliphatic heterocycles. The van der Waals surface area contributed by atoms with Gasteiger partial charge in [-0.2, -0.15) is 0 Å². The number of hydrogen-bond donors (Lipinski definition) is 2. The summed E-state index contributed by atoms with van der Waals surface area (Å²) in [5.41, 5.74) is 5.03. The van der Waals surface area contributed by atoms with Crippen molar-refractivity contribution in [2.45, 2.75) is 11.3 Å². The molecule has 0 radical (unpaired) electrons. The van der Waals surface area contributed by atoms with Crippen LogP contribution in [0.2, 0.25) is 0 Å². The van der Waals surface area contributed by atoms with Gasteiger partial charge in [0.25, 0.3) is 5.69 Å². The van der Waals surface area contributed by atoms with Gasteiger partial charge in [0.2, 0.25) is 10.0 Å².